The van der Waals surface area contributed by atoms with Crippen molar-refractivity contribution in [2.45, 2.75) is 6.43 Å². The second-order valence-electron chi connectivity index (χ2n) is 4.52. The minimum absolute atomic E-state index is 0.130. The number of hydrogen-bond acceptors (Lipinski definition) is 2. The predicted octanol–water partition coefficient (Wildman–Crippen LogP) is 3.95. The molecule has 0 N–H and O–H groups in total. The molecule has 0 aliphatic carbocycles. The molecule has 1 atom stereocenters. The Labute approximate surface area is 121 Å². The molecule has 2 nitrogen and oxygen atoms in total. The molecule has 0 radical (unpaired) electrons. The molecule has 0 spiro atoms. The zero-order valence-electron chi connectivity index (χ0n) is 10.9. The fourth-order valence-corrected chi connectivity index (χ4v) is 3.33. The summed E-state index contributed by atoms with van der Waals surface area (Å²) in [6.07, 6.45) is -2.63. The van der Waals surface area contributed by atoms with Crippen molar-refractivity contribution >= 4 is 29.4 Å². The first kappa shape index (κ1) is 13.8. The molecule has 0 fully saturated rings. The SMILES string of the molecule is O=[P+](c1ccccc1)c1cc(C(F)F)c2ccccc2n1. The summed E-state index contributed by atoms with van der Waals surface area (Å²) in [7, 11) is -1.98. The third-order valence-electron chi connectivity index (χ3n) is 3.17. The van der Waals surface area contributed by atoms with Crippen molar-refractivity contribution in [3.05, 3.63) is 66.2 Å². The Kier molecular flexibility index (Phi) is 3.72. The van der Waals surface area contributed by atoms with Gasteiger partial charge in [-0.05, 0) is 18.2 Å². The number of fused-ring (bicyclic) bond motifs is 1. The molecule has 1 aromatic heterocycles. The van der Waals surface area contributed by atoms with E-state index in [0.29, 0.717) is 16.2 Å². The van der Waals surface area contributed by atoms with E-state index in [9.17, 15) is 13.3 Å². The number of alkyl halides is 2. The molecule has 1 unspecified atom stereocenters. The number of pyridine rings is 1. The van der Waals surface area contributed by atoms with Crippen LogP contribution >= 0.6 is 7.80 Å². The highest BCUT2D eigenvalue weighted by Crippen LogP contribution is 2.29. The summed E-state index contributed by atoms with van der Waals surface area (Å²) >= 11 is 0. The molecule has 3 aromatic rings. The second kappa shape index (κ2) is 5.66. The molecule has 0 bridgehead atoms. The van der Waals surface area contributed by atoms with Gasteiger partial charge in [0.1, 0.15) is 0 Å². The van der Waals surface area contributed by atoms with Gasteiger partial charge in [0.15, 0.2) is 5.30 Å². The van der Waals surface area contributed by atoms with Crippen molar-refractivity contribution in [1.82, 2.24) is 4.98 Å². The maximum absolute atomic E-state index is 13.2. The summed E-state index contributed by atoms with van der Waals surface area (Å²) in [6, 6.07) is 16.7. The molecule has 0 amide bonds. The third kappa shape index (κ3) is 2.67. The normalized spacial score (nSPS) is 11.9. The second-order valence-corrected chi connectivity index (χ2v) is 6.08. The van der Waals surface area contributed by atoms with E-state index in [2.05, 4.69) is 4.98 Å². The van der Waals surface area contributed by atoms with Crippen LogP contribution in [0.4, 0.5) is 8.78 Å². The topological polar surface area (TPSA) is 30.0 Å². The number of benzene rings is 2. The number of halogens is 2. The highest BCUT2D eigenvalue weighted by atomic mass is 31.1. The highest BCUT2D eigenvalue weighted by molar-refractivity contribution is 7.61. The zero-order chi connectivity index (χ0) is 14.8. The lowest BCUT2D eigenvalue weighted by Crippen LogP contribution is -2.12. The average molecular weight is 302 g/mol. The number of para-hydroxylation sites is 1. The van der Waals surface area contributed by atoms with E-state index in [4.69, 9.17) is 0 Å². The lowest BCUT2D eigenvalue weighted by atomic mass is 10.1. The quantitative estimate of drug-likeness (QED) is 0.686. The van der Waals surface area contributed by atoms with Gasteiger partial charge in [-0.3, -0.25) is 0 Å². The van der Waals surface area contributed by atoms with Gasteiger partial charge in [0.2, 0.25) is 0 Å². The van der Waals surface area contributed by atoms with Gasteiger partial charge in [0.25, 0.3) is 11.9 Å². The average Bonchev–Trinajstić information content (AvgIpc) is 2.53. The molecule has 1 heterocycles. The minimum Gasteiger partial charge on any atom is -0.205 e. The highest BCUT2D eigenvalue weighted by Gasteiger charge is 2.28. The lowest BCUT2D eigenvalue weighted by Gasteiger charge is -2.04. The van der Waals surface area contributed by atoms with Crippen LogP contribution in [0, 0.1) is 0 Å². The van der Waals surface area contributed by atoms with Crippen LogP contribution in [0.15, 0.2) is 60.7 Å². The van der Waals surface area contributed by atoms with E-state index >= 15 is 0 Å². The Balaban J connectivity index is 2.18. The molecule has 0 aliphatic rings. The van der Waals surface area contributed by atoms with E-state index in [0.717, 1.165) is 0 Å². The number of aromatic nitrogens is 1. The molecule has 0 aliphatic heterocycles. The third-order valence-corrected chi connectivity index (χ3v) is 4.58. The maximum Gasteiger partial charge on any atom is 0.435 e. The fourth-order valence-electron chi connectivity index (χ4n) is 2.17. The predicted molar refractivity (Wildman–Crippen MR) is 80.0 cm³/mol. The van der Waals surface area contributed by atoms with Crippen molar-refractivity contribution in [2.24, 2.45) is 0 Å². The van der Waals surface area contributed by atoms with Gasteiger partial charge in [-0.15, -0.1) is 0 Å². The van der Waals surface area contributed by atoms with Gasteiger partial charge in [-0.1, -0.05) is 41.0 Å². The molecular weight excluding hydrogens is 291 g/mol. The molecule has 0 saturated heterocycles. The number of nitrogens with zero attached hydrogens (tertiary/aromatic N) is 1. The van der Waals surface area contributed by atoms with Crippen molar-refractivity contribution in [3.8, 4) is 0 Å². The minimum atomic E-state index is -2.63. The van der Waals surface area contributed by atoms with Gasteiger partial charge < -0.3 is 0 Å². The fraction of sp³-hybridized carbons (Fsp3) is 0.0625. The van der Waals surface area contributed by atoms with E-state index in [1.807, 2.05) is 6.07 Å². The van der Waals surface area contributed by atoms with E-state index in [1.165, 1.54) is 6.07 Å². The van der Waals surface area contributed by atoms with Crippen LogP contribution in [-0.4, -0.2) is 4.98 Å². The largest absolute Gasteiger partial charge is 0.435 e. The van der Waals surface area contributed by atoms with Crippen molar-refractivity contribution in [1.29, 1.82) is 0 Å². The molecule has 21 heavy (non-hydrogen) atoms. The smallest absolute Gasteiger partial charge is 0.205 e. The molecule has 5 heteroatoms. The first-order chi connectivity index (χ1) is 10.2. The van der Waals surface area contributed by atoms with Gasteiger partial charge in [-0.25, -0.2) is 13.8 Å². The number of hydrogen-bond donors (Lipinski definition) is 0. The van der Waals surface area contributed by atoms with Crippen molar-refractivity contribution < 1.29 is 13.3 Å². The van der Waals surface area contributed by atoms with E-state index in [-0.39, 0.29) is 11.0 Å². The molecule has 104 valence electrons. The first-order valence-electron chi connectivity index (χ1n) is 6.37. The molecular formula is C16H11F2NOP+. The lowest BCUT2D eigenvalue weighted by molar-refractivity contribution is 0.153. The Bertz CT molecular complexity index is 806. The van der Waals surface area contributed by atoms with Gasteiger partial charge in [-0.2, -0.15) is 0 Å². The summed E-state index contributed by atoms with van der Waals surface area (Å²) in [6.45, 7) is 0. The van der Waals surface area contributed by atoms with Crippen molar-refractivity contribution in [3.63, 3.8) is 0 Å². The Morgan fingerprint density at radius 1 is 0.952 bits per heavy atom. The Morgan fingerprint density at radius 3 is 2.33 bits per heavy atom. The summed E-state index contributed by atoms with van der Waals surface area (Å²) < 4.78 is 38.9. The van der Waals surface area contributed by atoms with E-state index in [1.54, 1.807) is 48.5 Å². The summed E-state index contributed by atoms with van der Waals surface area (Å²) in [4.78, 5) is 4.28. The van der Waals surface area contributed by atoms with E-state index < -0.39 is 14.2 Å². The van der Waals surface area contributed by atoms with Gasteiger partial charge in [0, 0.05) is 17.0 Å². The van der Waals surface area contributed by atoms with Gasteiger partial charge >= 0.3 is 7.80 Å². The van der Waals surface area contributed by atoms with Crippen LogP contribution in [0.1, 0.15) is 12.0 Å². The van der Waals surface area contributed by atoms with Crippen LogP contribution < -0.4 is 10.7 Å². The van der Waals surface area contributed by atoms with Crippen LogP contribution in [0.25, 0.3) is 10.9 Å². The van der Waals surface area contributed by atoms with Crippen LogP contribution in [0.5, 0.6) is 0 Å². The molecule has 3 rings (SSSR count). The van der Waals surface area contributed by atoms with Crippen LogP contribution in [0.2, 0.25) is 0 Å². The number of rotatable bonds is 3. The van der Waals surface area contributed by atoms with Crippen molar-refractivity contribution in [2.75, 3.05) is 0 Å². The Morgan fingerprint density at radius 2 is 1.62 bits per heavy atom. The molecule has 2 aromatic carbocycles. The summed E-state index contributed by atoms with van der Waals surface area (Å²) in [5.41, 5.74) is 0.490. The van der Waals surface area contributed by atoms with Crippen LogP contribution in [-0.2, 0) is 4.57 Å². The standard InChI is InChI=1S/C16H11F2NOP/c17-16(18)13-10-15(19-14-9-5-4-8-12(13)14)21(20)11-6-2-1-3-7-11/h1-10,16H/q+1. The monoisotopic (exact) mass is 302 g/mol. The zero-order valence-corrected chi connectivity index (χ0v) is 11.8. The Hall–Kier alpha value is -2.19. The summed E-state index contributed by atoms with van der Waals surface area (Å²) in [5.74, 6) is 0. The summed E-state index contributed by atoms with van der Waals surface area (Å²) in [5, 5.41) is 0.975. The molecule has 0 saturated carbocycles. The van der Waals surface area contributed by atoms with Crippen LogP contribution in [0.3, 0.4) is 0 Å². The van der Waals surface area contributed by atoms with Gasteiger partial charge in [0.05, 0.1) is 5.52 Å². The maximum atomic E-state index is 13.2. The first-order valence-corrected chi connectivity index (χ1v) is 7.63.